The first kappa shape index (κ1) is 13.9. The third kappa shape index (κ3) is 2.71. The predicted octanol–water partition coefficient (Wildman–Crippen LogP) is 1.74. The molecule has 1 heterocycles. The van der Waals surface area contributed by atoms with Crippen molar-refractivity contribution in [3.63, 3.8) is 0 Å². The average Bonchev–Trinajstić information content (AvgIpc) is 3.30. The molecule has 0 spiro atoms. The number of halogens is 2. The van der Waals surface area contributed by atoms with Gasteiger partial charge in [0.1, 0.15) is 0 Å². The lowest BCUT2D eigenvalue weighted by Crippen LogP contribution is -2.49. The minimum Gasteiger partial charge on any atom is -0.329 e. The first-order valence-electron chi connectivity index (χ1n) is 7.32. The van der Waals surface area contributed by atoms with Gasteiger partial charge in [0.15, 0.2) is 11.6 Å². The normalized spacial score (nSPS) is 22.9. The molecule has 2 fully saturated rings. The molecule has 5 heteroatoms. The van der Waals surface area contributed by atoms with Gasteiger partial charge >= 0.3 is 0 Å². The van der Waals surface area contributed by atoms with Crippen LogP contribution in [0, 0.1) is 11.6 Å². The van der Waals surface area contributed by atoms with Gasteiger partial charge in [-0.2, -0.15) is 0 Å². The molecule has 3 nitrogen and oxygen atoms in total. The van der Waals surface area contributed by atoms with Crippen molar-refractivity contribution in [1.82, 2.24) is 9.80 Å². The second-order valence-corrected chi connectivity index (χ2v) is 5.70. The molecule has 0 amide bonds. The molecule has 2 N–H and O–H groups in total. The van der Waals surface area contributed by atoms with Crippen LogP contribution in [0.4, 0.5) is 8.78 Å². The van der Waals surface area contributed by atoms with E-state index in [9.17, 15) is 8.78 Å². The summed E-state index contributed by atoms with van der Waals surface area (Å²) >= 11 is 0. The van der Waals surface area contributed by atoms with Gasteiger partial charge in [0, 0.05) is 44.3 Å². The predicted molar refractivity (Wildman–Crippen MR) is 74.3 cm³/mol. The van der Waals surface area contributed by atoms with Crippen molar-refractivity contribution >= 4 is 0 Å². The van der Waals surface area contributed by atoms with Crippen LogP contribution in [0.15, 0.2) is 18.2 Å². The average molecular weight is 281 g/mol. The fraction of sp³-hybridized carbons (Fsp3) is 0.600. The van der Waals surface area contributed by atoms with Gasteiger partial charge in [-0.05, 0) is 18.9 Å². The van der Waals surface area contributed by atoms with Crippen molar-refractivity contribution < 1.29 is 8.78 Å². The second kappa shape index (κ2) is 5.76. The molecule has 1 aliphatic carbocycles. The van der Waals surface area contributed by atoms with Crippen molar-refractivity contribution in [2.75, 3.05) is 32.7 Å². The Hall–Kier alpha value is -1.04. The van der Waals surface area contributed by atoms with Crippen LogP contribution in [0.5, 0.6) is 0 Å². The first-order chi connectivity index (χ1) is 9.70. The van der Waals surface area contributed by atoms with E-state index >= 15 is 0 Å². The standard InChI is InChI=1S/C15H21F2N3/c16-13-3-1-2-12(15(13)17)14(10-18)20-8-6-19(7-9-20)11-4-5-11/h1-3,11,14H,4-10,18H2. The van der Waals surface area contributed by atoms with Gasteiger partial charge in [0.2, 0.25) is 0 Å². The molecule has 1 saturated carbocycles. The Labute approximate surface area is 118 Å². The monoisotopic (exact) mass is 281 g/mol. The van der Waals surface area contributed by atoms with Crippen LogP contribution in [0.2, 0.25) is 0 Å². The highest BCUT2D eigenvalue weighted by molar-refractivity contribution is 5.23. The molecule has 20 heavy (non-hydrogen) atoms. The summed E-state index contributed by atoms with van der Waals surface area (Å²) in [7, 11) is 0. The van der Waals surface area contributed by atoms with Crippen LogP contribution in [0.1, 0.15) is 24.4 Å². The number of rotatable bonds is 4. The minimum atomic E-state index is -0.794. The summed E-state index contributed by atoms with van der Waals surface area (Å²) in [6.07, 6.45) is 2.61. The van der Waals surface area contributed by atoms with Crippen LogP contribution in [-0.4, -0.2) is 48.6 Å². The van der Waals surface area contributed by atoms with E-state index in [1.54, 1.807) is 12.1 Å². The zero-order valence-electron chi connectivity index (χ0n) is 11.6. The number of piperazine rings is 1. The largest absolute Gasteiger partial charge is 0.329 e. The quantitative estimate of drug-likeness (QED) is 0.912. The molecule has 1 aromatic rings. The van der Waals surface area contributed by atoms with E-state index in [1.165, 1.54) is 12.8 Å². The van der Waals surface area contributed by atoms with Crippen molar-refractivity contribution in [1.29, 1.82) is 0 Å². The molecular formula is C15H21F2N3. The third-order valence-corrected chi connectivity index (χ3v) is 4.42. The number of nitrogens with two attached hydrogens (primary N) is 1. The highest BCUT2D eigenvalue weighted by Gasteiger charge is 2.33. The highest BCUT2D eigenvalue weighted by Crippen LogP contribution is 2.30. The Balaban J connectivity index is 1.71. The van der Waals surface area contributed by atoms with Crippen LogP contribution in [0.25, 0.3) is 0 Å². The summed E-state index contributed by atoms with van der Waals surface area (Å²) in [5, 5.41) is 0. The van der Waals surface area contributed by atoms with Crippen LogP contribution < -0.4 is 5.73 Å². The SMILES string of the molecule is NCC(c1cccc(F)c1F)N1CCN(C2CC2)CC1. The van der Waals surface area contributed by atoms with E-state index in [2.05, 4.69) is 9.80 Å². The Bertz CT molecular complexity index is 468. The second-order valence-electron chi connectivity index (χ2n) is 5.70. The molecule has 1 unspecified atom stereocenters. The van der Waals surface area contributed by atoms with Gasteiger partial charge in [-0.25, -0.2) is 8.78 Å². The van der Waals surface area contributed by atoms with Gasteiger partial charge in [0.05, 0.1) is 6.04 Å². The minimum absolute atomic E-state index is 0.230. The summed E-state index contributed by atoms with van der Waals surface area (Å²) in [6, 6.07) is 4.88. The Kier molecular flexibility index (Phi) is 4.01. The molecule has 1 saturated heterocycles. The van der Waals surface area contributed by atoms with Crippen molar-refractivity contribution in [2.45, 2.75) is 24.9 Å². The fourth-order valence-electron chi connectivity index (χ4n) is 3.10. The summed E-state index contributed by atoms with van der Waals surface area (Å²) in [4.78, 5) is 4.67. The van der Waals surface area contributed by atoms with Gasteiger partial charge < -0.3 is 5.73 Å². The smallest absolute Gasteiger partial charge is 0.163 e. The Morgan fingerprint density at radius 3 is 2.45 bits per heavy atom. The van der Waals surface area contributed by atoms with E-state index in [4.69, 9.17) is 5.73 Å². The molecule has 3 rings (SSSR count). The topological polar surface area (TPSA) is 32.5 Å². The zero-order chi connectivity index (χ0) is 14.1. The first-order valence-corrected chi connectivity index (χ1v) is 7.32. The van der Waals surface area contributed by atoms with Crippen LogP contribution >= 0.6 is 0 Å². The molecule has 0 aromatic heterocycles. The lowest BCUT2D eigenvalue weighted by molar-refractivity contribution is 0.0922. The van der Waals surface area contributed by atoms with E-state index < -0.39 is 11.6 Å². The number of benzene rings is 1. The maximum atomic E-state index is 13.9. The molecule has 1 atom stereocenters. The third-order valence-electron chi connectivity index (χ3n) is 4.42. The van der Waals surface area contributed by atoms with Crippen LogP contribution in [-0.2, 0) is 0 Å². The maximum absolute atomic E-state index is 13.9. The van der Waals surface area contributed by atoms with Crippen molar-refractivity contribution in [3.8, 4) is 0 Å². The lowest BCUT2D eigenvalue weighted by Gasteiger charge is -2.39. The van der Waals surface area contributed by atoms with Crippen LogP contribution in [0.3, 0.4) is 0 Å². The van der Waals surface area contributed by atoms with Crippen molar-refractivity contribution in [2.24, 2.45) is 5.73 Å². The highest BCUT2D eigenvalue weighted by atomic mass is 19.2. The molecule has 0 radical (unpaired) electrons. The number of nitrogens with zero attached hydrogens (tertiary/aromatic N) is 2. The summed E-state index contributed by atoms with van der Waals surface area (Å²) in [5.41, 5.74) is 6.20. The number of hydrogen-bond donors (Lipinski definition) is 1. The maximum Gasteiger partial charge on any atom is 0.163 e. The lowest BCUT2D eigenvalue weighted by atomic mass is 10.0. The van der Waals surface area contributed by atoms with E-state index in [0.29, 0.717) is 12.1 Å². The molecule has 0 bridgehead atoms. The van der Waals surface area contributed by atoms with Gasteiger partial charge in [-0.15, -0.1) is 0 Å². The van der Waals surface area contributed by atoms with Gasteiger partial charge in [0.25, 0.3) is 0 Å². The molecule has 2 aliphatic rings. The Morgan fingerprint density at radius 2 is 1.85 bits per heavy atom. The molecule has 1 aliphatic heterocycles. The summed E-state index contributed by atoms with van der Waals surface area (Å²) in [6.45, 7) is 4.04. The van der Waals surface area contributed by atoms with Gasteiger partial charge in [-0.1, -0.05) is 12.1 Å². The molecule has 110 valence electrons. The van der Waals surface area contributed by atoms with Crippen molar-refractivity contribution in [3.05, 3.63) is 35.4 Å². The van der Waals surface area contributed by atoms with Gasteiger partial charge in [-0.3, -0.25) is 9.80 Å². The molecule has 1 aromatic carbocycles. The van der Waals surface area contributed by atoms with E-state index in [0.717, 1.165) is 38.3 Å². The summed E-state index contributed by atoms with van der Waals surface area (Å²) in [5.74, 6) is -1.55. The fourth-order valence-corrected chi connectivity index (χ4v) is 3.10. The summed E-state index contributed by atoms with van der Waals surface area (Å²) < 4.78 is 27.3. The Morgan fingerprint density at radius 1 is 1.15 bits per heavy atom. The van der Waals surface area contributed by atoms with E-state index in [-0.39, 0.29) is 6.04 Å². The zero-order valence-corrected chi connectivity index (χ0v) is 11.6. The molecular weight excluding hydrogens is 260 g/mol. The number of hydrogen-bond acceptors (Lipinski definition) is 3. The van der Waals surface area contributed by atoms with E-state index in [1.807, 2.05) is 0 Å².